The van der Waals surface area contributed by atoms with Crippen LogP contribution in [0, 0.1) is 5.92 Å². The van der Waals surface area contributed by atoms with Crippen molar-refractivity contribution in [2.45, 2.75) is 45.1 Å². The lowest BCUT2D eigenvalue weighted by Crippen LogP contribution is -2.12. The third-order valence-corrected chi connectivity index (χ3v) is 3.26. The van der Waals surface area contributed by atoms with Gasteiger partial charge in [0.25, 0.3) is 0 Å². The quantitative estimate of drug-likeness (QED) is 0.799. The zero-order chi connectivity index (χ0) is 10.8. The normalized spacial score (nSPS) is 18.1. The lowest BCUT2D eigenvalue weighted by molar-refractivity contribution is 0.151. The summed E-state index contributed by atoms with van der Waals surface area (Å²) in [7, 11) is 0. The Kier molecular flexibility index (Phi) is 3.11. The fourth-order valence-corrected chi connectivity index (χ4v) is 1.93. The Balaban J connectivity index is 1.97. The third kappa shape index (κ3) is 2.82. The van der Waals surface area contributed by atoms with Gasteiger partial charge in [-0.1, -0.05) is 38.1 Å². The van der Waals surface area contributed by atoms with E-state index in [9.17, 15) is 5.11 Å². The number of benzene rings is 1. The molecule has 1 aliphatic carbocycles. The number of aliphatic hydroxyl groups excluding tert-OH is 1. The molecular weight excluding hydrogens is 184 g/mol. The van der Waals surface area contributed by atoms with Crippen molar-refractivity contribution in [1.82, 2.24) is 0 Å². The van der Waals surface area contributed by atoms with Crippen LogP contribution in [0.4, 0.5) is 0 Å². The van der Waals surface area contributed by atoms with E-state index in [1.807, 2.05) is 0 Å². The van der Waals surface area contributed by atoms with E-state index in [1.54, 1.807) is 0 Å². The molecule has 1 saturated carbocycles. The molecule has 15 heavy (non-hydrogen) atoms. The molecule has 0 spiro atoms. The maximum absolute atomic E-state index is 9.82. The highest BCUT2D eigenvalue weighted by molar-refractivity contribution is 5.25. The molecule has 1 aromatic rings. The lowest BCUT2D eigenvalue weighted by Gasteiger charge is -2.10. The maximum atomic E-state index is 9.82. The van der Waals surface area contributed by atoms with Crippen LogP contribution in [0.2, 0.25) is 0 Å². The van der Waals surface area contributed by atoms with Crippen molar-refractivity contribution < 1.29 is 5.11 Å². The minimum atomic E-state index is -0.116. The standard InChI is InChI=1S/C14H20O/c1-10(2)12-5-3-11(4-6-12)9-14(15)13-7-8-13/h3-6,10,13-15H,7-9H2,1-2H3. The van der Waals surface area contributed by atoms with Gasteiger partial charge in [-0.3, -0.25) is 0 Å². The summed E-state index contributed by atoms with van der Waals surface area (Å²) in [6.07, 6.45) is 3.13. The van der Waals surface area contributed by atoms with Gasteiger partial charge in [0, 0.05) is 0 Å². The maximum Gasteiger partial charge on any atom is 0.0608 e. The van der Waals surface area contributed by atoms with E-state index >= 15 is 0 Å². The SMILES string of the molecule is CC(C)c1ccc(CC(O)C2CC2)cc1. The Morgan fingerprint density at radius 3 is 2.27 bits per heavy atom. The number of aliphatic hydroxyl groups is 1. The molecule has 0 radical (unpaired) electrons. The van der Waals surface area contributed by atoms with Gasteiger partial charge in [-0.05, 0) is 42.2 Å². The van der Waals surface area contributed by atoms with Crippen LogP contribution in [0.15, 0.2) is 24.3 Å². The van der Waals surface area contributed by atoms with Gasteiger partial charge in [-0.2, -0.15) is 0 Å². The van der Waals surface area contributed by atoms with Crippen molar-refractivity contribution in [2.75, 3.05) is 0 Å². The van der Waals surface area contributed by atoms with Crippen LogP contribution in [-0.2, 0) is 6.42 Å². The van der Waals surface area contributed by atoms with E-state index < -0.39 is 0 Å². The monoisotopic (exact) mass is 204 g/mol. The summed E-state index contributed by atoms with van der Waals surface area (Å²) in [6.45, 7) is 4.40. The van der Waals surface area contributed by atoms with Crippen LogP contribution in [0.1, 0.15) is 43.7 Å². The van der Waals surface area contributed by atoms with Gasteiger partial charge in [0.1, 0.15) is 0 Å². The van der Waals surface area contributed by atoms with E-state index in [2.05, 4.69) is 38.1 Å². The van der Waals surface area contributed by atoms with Crippen LogP contribution >= 0.6 is 0 Å². The van der Waals surface area contributed by atoms with Gasteiger partial charge in [0.05, 0.1) is 6.10 Å². The predicted octanol–water partition coefficient (Wildman–Crippen LogP) is 3.12. The summed E-state index contributed by atoms with van der Waals surface area (Å²) in [6, 6.07) is 8.67. The summed E-state index contributed by atoms with van der Waals surface area (Å²) >= 11 is 0. The highest BCUT2D eigenvalue weighted by atomic mass is 16.3. The molecule has 1 aliphatic rings. The second kappa shape index (κ2) is 4.36. The molecule has 1 N–H and O–H groups in total. The molecule has 0 saturated heterocycles. The largest absolute Gasteiger partial charge is 0.392 e. The van der Waals surface area contributed by atoms with Gasteiger partial charge in [0.2, 0.25) is 0 Å². The molecule has 0 heterocycles. The van der Waals surface area contributed by atoms with Gasteiger partial charge in [-0.15, -0.1) is 0 Å². The highest BCUT2D eigenvalue weighted by Crippen LogP contribution is 2.34. The highest BCUT2D eigenvalue weighted by Gasteiger charge is 2.29. The smallest absolute Gasteiger partial charge is 0.0608 e. The number of rotatable bonds is 4. The van der Waals surface area contributed by atoms with Crippen LogP contribution in [0.3, 0.4) is 0 Å². The molecule has 1 heteroatoms. The van der Waals surface area contributed by atoms with Crippen LogP contribution in [-0.4, -0.2) is 11.2 Å². The average molecular weight is 204 g/mol. The molecule has 0 aromatic heterocycles. The topological polar surface area (TPSA) is 20.2 Å². The van der Waals surface area contributed by atoms with E-state index in [0.29, 0.717) is 11.8 Å². The van der Waals surface area contributed by atoms with Crippen molar-refractivity contribution in [3.8, 4) is 0 Å². The molecule has 0 aliphatic heterocycles. The second-order valence-electron chi connectivity index (χ2n) is 5.01. The molecule has 1 nitrogen and oxygen atoms in total. The van der Waals surface area contributed by atoms with Crippen molar-refractivity contribution in [2.24, 2.45) is 5.92 Å². The zero-order valence-electron chi connectivity index (χ0n) is 9.61. The van der Waals surface area contributed by atoms with Crippen molar-refractivity contribution in [3.63, 3.8) is 0 Å². The lowest BCUT2D eigenvalue weighted by atomic mass is 9.99. The first kappa shape index (κ1) is 10.7. The van der Waals surface area contributed by atoms with Gasteiger partial charge >= 0.3 is 0 Å². The molecular formula is C14H20O. The average Bonchev–Trinajstić information content (AvgIpc) is 3.01. The fourth-order valence-electron chi connectivity index (χ4n) is 1.93. The number of hydrogen-bond donors (Lipinski definition) is 1. The van der Waals surface area contributed by atoms with E-state index in [4.69, 9.17) is 0 Å². The Morgan fingerprint density at radius 1 is 1.20 bits per heavy atom. The van der Waals surface area contributed by atoms with Gasteiger partial charge < -0.3 is 5.11 Å². The zero-order valence-corrected chi connectivity index (χ0v) is 9.61. The predicted molar refractivity (Wildman–Crippen MR) is 63.0 cm³/mol. The Bertz CT molecular complexity index is 309. The first-order valence-corrected chi connectivity index (χ1v) is 5.93. The minimum Gasteiger partial charge on any atom is -0.392 e. The van der Waals surface area contributed by atoms with E-state index in [-0.39, 0.29) is 6.10 Å². The third-order valence-electron chi connectivity index (χ3n) is 3.26. The first-order valence-electron chi connectivity index (χ1n) is 5.93. The Labute approximate surface area is 92.1 Å². The summed E-state index contributed by atoms with van der Waals surface area (Å²) in [5.41, 5.74) is 2.64. The minimum absolute atomic E-state index is 0.116. The van der Waals surface area contributed by atoms with E-state index in [0.717, 1.165) is 6.42 Å². The molecule has 1 unspecified atom stereocenters. The number of hydrogen-bond acceptors (Lipinski definition) is 1. The molecule has 0 bridgehead atoms. The van der Waals surface area contributed by atoms with Gasteiger partial charge in [0.15, 0.2) is 0 Å². The molecule has 2 rings (SSSR count). The summed E-state index contributed by atoms with van der Waals surface area (Å²) in [5.74, 6) is 1.17. The summed E-state index contributed by atoms with van der Waals surface area (Å²) in [4.78, 5) is 0. The summed E-state index contributed by atoms with van der Waals surface area (Å²) < 4.78 is 0. The summed E-state index contributed by atoms with van der Waals surface area (Å²) in [5, 5.41) is 9.82. The Morgan fingerprint density at radius 2 is 1.80 bits per heavy atom. The molecule has 82 valence electrons. The fraction of sp³-hybridized carbons (Fsp3) is 0.571. The van der Waals surface area contributed by atoms with Crippen molar-refractivity contribution in [1.29, 1.82) is 0 Å². The molecule has 1 aromatic carbocycles. The second-order valence-corrected chi connectivity index (χ2v) is 5.01. The first-order chi connectivity index (χ1) is 7.16. The molecule has 1 atom stereocenters. The Hall–Kier alpha value is -0.820. The van der Waals surface area contributed by atoms with Crippen molar-refractivity contribution >= 4 is 0 Å². The van der Waals surface area contributed by atoms with Crippen LogP contribution in [0.5, 0.6) is 0 Å². The van der Waals surface area contributed by atoms with Gasteiger partial charge in [-0.25, -0.2) is 0 Å². The van der Waals surface area contributed by atoms with Crippen LogP contribution in [0.25, 0.3) is 0 Å². The van der Waals surface area contributed by atoms with Crippen LogP contribution < -0.4 is 0 Å². The van der Waals surface area contributed by atoms with E-state index in [1.165, 1.54) is 24.0 Å². The van der Waals surface area contributed by atoms with Crippen molar-refractivity contribution in [3.05, 3.63) is 35.4 Å². The molecule has 1 fully saturated rings. The molecule has 0 amide bonds.